The van der Waals surface area contributed by atoms with Gasteiger partial charge in [-0.3, -0.25) is 9.59 Å². The van der Waals surface area contributed by atoms with Crippen LogP contribution in [0.3, 0.4) is 0 Å². The second kappa shape index (κ2) is 9.62. The third kappa shape index (κ3) is 5.37. The van der Waals surface area contributed by atoms with Crippen LogP contribution in [0.2, 0.25) is 0 Å². The molecule has 1 aromatic carbocycles. The van der Waals surface area contributed by atoms with E-state index in [2.05, 4.69) is 10.6 Å². The van der Waals surface area contributed by atoms with Crippen molar-refractivity contribution in [3.63, 3.8) is 0 Å². The highest BCUT2D eigenvalue weighted by Crippen LogP contribution is 2.40. The fourth-order valence-corrected chi connectivity index (χ4v) is 4.02. The first-order valence-corrected chi connectivity index (χ1v) is 10.1. The molecule has 0 aromatic heterocycles. The van der Waals surface area contributed by atoms with Crippen LogP contribution in [0.15, 0.2) is 18.2 Å². The molecule has 1 aromatic rings. The molecule has 1 fully saturated rings. The number of hydrogen-bond acceptors (Lipinski definition) is 4. The highest BCUT2D eigenvalue weighted by Gasteiger charge is 2.32. The zero-order valence-electron chi connectivity index (χ0n) is 16.1. The van der Waals surface area contributed by atoms with Crippen LogP contribution in [0.25, 0.3) is 0 Å². The Morgan fingerprint density at radius 3 is 2.41 bits per heavy atom. The molecule has 0 saturated heterocycles. The summed E-state index contributed by atoms with van der Waals surface area (Å²) in [4.78, 5) is 23.9. The smallest absolute Gasteiger partial charge is 0.227 e. The second-order valence-electron chi connectivity index (χ2n) is 7.41. The van der Waals surface area contributed by atoms with Crippen molar-refractivity contribution in [1.29, 1.82) is 0 Å². The molecule has 2 amide bonds. The average molecular weight is 374 g/mol. The lowest BCUT2D eigenvalue weighted by molar-refractivity contribution is -0.124. The Morgan fingerprint density at radius 2 is 1.70 bits per heavy atom. The second-order valence-corrected chi connectivity index (χ2v) is 7.41. The summed E-state index contributed by atoms with van der Waals surface area (Å²) in [6.45, 7) is 3.91. The number of ether oxygens (including phenoxy) is 2. The zero-order valence-corrected chi connectivity index (χ0v) is 16.1. The van der Waals surface area contributed by atoms with E-state index in [1.54, 1.807) is 0 Å². The molecular weight excluding hydrogens is 344 g/mol. The normalized spacial score (nSPS) is 17.4. The molecule has 3 rings (SSSR count). The number of fused-ring (bicyclic) bond motifs is 1. The molecule has 0 spiro atoms. The molecule has 1 aliphatic heterocycles. The lowest BCUT2D eigenvalue weighted by atomic mass is 9.84. The van der Waals surface area contributed by atoms with Gasteiger partial charge in [-0.05, 0) is 49.3 Å². The Kier molecular flexibility index (Phi) is 6.96. The highest BCUT2D eigenvalue weighted by molar-refractivity contribution is 5.84. The van der Waals surface area contributed by atoms with Gasteiger partial charge in [-0.2, -0.15) is 0 Å². The van der Waals surface area contributed by atoms with Crippen molar-refractivity contribution in [2.75, 3.05) is 26.3 Å². The maximum Gasteiger partial charge on any atom is 0.227 e. The van der Waals surface area contributed by atoms with Crippen molar-refractivity contribution >= 4 is 11.8 Å². The van der Waals surface area contributed by atoms with Crippen LogP contribution < -0.4 is 20.1 Å². The molecule has 2 N–H and O–H groups in total. The van der Waals surface area contributed by atoms with Gasteiger partial charge in [-0.25, -0.2) is 0 Å². The predicted molar refractivity (Wildman–Crippen MR) is 103 cm³/mol. The summed E-state index contributed by atoms with van der Waals surface area (Å²) in [5.41, 5.74) is 1.02. The van der Waals surface area contributed by atoms with Crippen molar-refractivity contribution in [2.24, 2.45) is 5.92 Å². The predicted octanol–water partition coefficient (Wildman–Crippen LogP) is 2.76. The van der Waals surface area contributed by atoms with Gasteiger partial charge in [0.2, 0.25) is 11.8 Å². The fourth-order valence-electron chi connectivity index (χ4n) is 4.02. The summed E-state index contributed by atoms with van der Waals surface area (Å²) < 4.78 is 11.3. The van der Waals surface area contributed by atoms with Gasteiger partial charge >= 0.3 is 0 Å². The molecule has 1 unspecified atom stereocenters. The van der Waals surface area contributed by atoms with E-state index in [4.69, 9.17) is 9.47 Å². The van der Waals surface area contributed by atoms with E-state index in [-0.39, 0.29) is 17.7 Å². The fraction of sp³-hybridized carbons (Fsp3) is 0.619. The molecule has 6 heteroatoms. The van der Waals surface area contributed by atoms with E-state index in [1.165, 1.54) is 19.8 Å². The van der Waals surface area contributed by atoms with Crippen molar-refractivity contribution < 1.29 is 19.1 Å². The first kappa shape index (κ1) is 19.5. The van der Waals surface area contributed by atoms with Crippen molar-refractivity contribution in [2.45, 2.75) is 51.4 Å². The molecule has 0 radical (unpaired) electrons. The minimum absolute atomic E-state index is 0.0149. The van der Waals surface area contributed by atoms with Crippen LogP contribution in [-0.2, 0) is 9.59 Å². The molecule has 1 aliphatic carbocycles. The molecule has 6 nitrogen and oxygen atoms in total. The van der Waals surface area contributed by atoms with Crippen molar-refractivity contribution in [3.8, 4) is 11.5 Å². The maximum atomic E-state index is 13.0. The Bertz CT molecular complexity index is 656. The van der Waals surface area contributed by atoms with Gasteiger partial charge in [-0.15, -0.1) is 0 Å². The Labute approximate surface area is 161 Å². The van der Waals surface area contributed by atoms with Crippen molar-refractivity contribution in [3.05, 3.63) is 23.8 Å². The number of benzene rings is 1. The maximum absolute atomic E-state index is 13.0. The molecule has 27 heavy (non-hydrogen) atoms. The molecule has 1 atom stereocenters. The molecule has 1 saturated carbocycles. The van der Waals surface area contributed by atoms with E-state index in [9.17, 15) is 9.59 Å². The first-order chi connectivity index (χ1) is 13.1. The van der Waals surface area contributed by atoms with E-state index >= 15 is 0 Å². The third-order valence-corrected chi connectivity index (χ3v) is 5.36. The molecule has 0 bridgehead atoms. The number of amides is 2. The average Bonchev–Trinajstić information content (AvgIpc) is 3.18. The van der Waals surface area contributed by atoms with Crippen LogP contribution in [0.4, 0.5) is 0 Å². The summed E-state index contributed by atoms with van der Waals surface area (Å²) in [6.07, 6.45) is 6.28. The van der Waals surface area contributed by atoms with Crippen LogP contribution in [-0.4, -0.2) is 38.1 Å². The van der Waals surface area contributed by atoms with E-state index in [0.29, 0.717) is 32.2 Å². The van der Waals surface area contributed by atoms with E-state index in [1.807, 2.05) is 18.2 Å². The van der Waals surface area contributed by atoms with Crippen LogP contribution in [0.5, 0.6) is 11.5 Å². The Hall–Kier alpha value is -2.24. The van der Waals surface area contributed by atoms with Gasteiger partial charge in [-0.1, -0.05) is 18.9 Å². The lowest BCUT2D eigenvalue weighted by Crippen LogP contribution is -2.34. The highest BCUT2D eigenvalue weighted by atomic mass is 16.6. The lowest BCUT2D eigenvalue weighted by Gasteiger charge is -2.25. The van der Waals surface area contributed by atoms with E-state index < -0.39 is 0 Å². The molecule has 2 aliphatic rings. The largest absolute Gasteiger partial charge is 0.486 e. The Balaban J connectivity index is 1.61. The summed E-state index contributed by atoms with van der Waals surface area (Å²) in [6, 6.07) is 5.91. The van der Waals surface area contributed by atoms with Gasteiger partial charge in [0.05, 0.1) is 5.92 Å². The zero-order chi connectivity index (χ0) is 19.1. The summed E-state index contributed by atoms with van der Waals surface area (Å²) in [5, 5.41) is 5.88. The summed E-state index contributed by atoms with van der Waals surface area (Å²) >= 11 is 0. The monoisotopic (exact) mass is 374 g/mol. The standard InChI is InChI=1S/C21H30N2O4/c1-15(24)22-10-4-5-11-23-21(25)20(16-6-2-3-7-16)17-8-9-18-19(14-17)27-13-12-26-18/h8-9,14,16,20H,2-7,10-13H2,1H3,(H,22,24)(H,23,25). The van der Waals surface area contributed by atoms with Gasteiger partial charge in [0, 0.05) is 20.0 Å². The topological polar surface area (TPSA) is 76.7 Å². The number of hydrogen-bond donors (Lipinski definition) is 2. The van der Waals surface area contributed by atoms with E-state index in [0.717, 1.165) is 42.7 Å². The van der Waals surface area contributed by atoms with Crippen molar-refractivity contribution in [1.82, 2.24) is 10.6 Å². The minimum atomic E-state index is -0.140. The van der Waals surface area contributed by atoms with Crippen LogP contribution in [0, 0.1) is 5.92 Å². The quantitative estimate of drug-likeness (QED) is 0.686. The van der Waals surface area contributed by atoms with Crippen LogP contribution >= 0.6 is 0 Å². The van der Waals surface area contributed by atoms with Gasteiger partial charge in [0.15, 0.2) is 11.5 Å². The van der Waals surface area contributed by atoms with Gasteiger partial charge < -0.3 is 20.1 Å². The van der Waals surface area contributed by atoms with Gasteiger partial charge in [0.1, 0.15) is 13.2 Å². The summed E-state index contributed by atoms with van der Waals surface area (Å²) in [7, 11) is 0. The molecular formula is C21H30N2O4. The number of rotatable bonds is 8. The van der Waals surface area contributed by atoms with Gasteiger partial charge in [0.25, 0.3) is 0 Å². The third-order valence-electron chi connectivity index (χ3n) is 5.36. The molecule has 148 valence electrons. The number of nitrogens with one attached hydrogen (secondary N) is 2. The first-order valence-electron chi connectivity index (χ1n) is 10.1. The number of carbonyl (C=O) groups is 2. The summed E-state index contributed by atoms with van der Waals surface area (Å²) in [5.74, 6) is 1.82. The Morgan fingerprint density at radius 1 is 1.04 bits per heavy atom. The number of carbonyl (C=O) groups excluding carboxylic acids is 2. The SMILES string of the molecule is CC(=O)NCCCCNC(=O)C(c1ccc2c(c1)OCCO2)C1CCCC1. The molecule has 1 heterocycles. The van der Waals surface area contributed by atoms with Crippen LogP contribution in [0.1, 0.15) is 56.9 Å². The number of unbranched alkanes of at least 4 members (excludes halogenated alkanes) is 1. The minimum Gasteiger partial charge on any atom is -0.486 e.